The van der Waals surface area contributed by atoms with Crippen molar-refractivity contribution in [3.63, 3.8) is 0 Å². The van der Waals surface area contributed by atoms with Gasteiger partial charge in [0.25, 0.3) is 11.1 Å². The Kier molecular flexibility index (Phi) is 6.18. The van der Waals surface area contributed by atoms with Crippen LogP contribution in [0.5, 0.6) is 5.75 Å². The Morgan fingerprint density at radius 3 is 2.55 bits per heavy atom. The van der Waals surface area contributed by atoms with Crippen LogP contribution in [0.3, 0.4) is 0 Å². The Hall–Kier alpha value is -3.39. The molecule has 2 aromatic heterocycles. The van der Waals surface area contributed by atoms with E-state index in [1.54, 1.807) is 18.2 Å². The van der Waals surface area contributed by atoms with Crippen LogP contribution >= 0.6 is 11.3 Å². The first-order valence-electron chi connectivity index (χ1n) is 9.95. The summed E-state index contributed by atoms with van der Waals surface area (Å²) in [5, 5.41) is 4.22. The van der Waals surface area contributed by atoms with Gasteiger partial charge in [0.2, 0.25) is 4.96 Å². The minimum Gasteiger partial charge on any atom is -0.494 e. The summed E-state index contributed by atoms with van der Waals surface area (Å²) in [7, 11) is 0. The number of ether oxygens (including phenoxy) is 1. The third-order valence-electron chi connectivity index (χ3n) is 4.68. The second-order valence-corrected chi connectivity index (χ2v) is 8.06. The molecule has 0 radical (unpaired) electrons. The fourth-order valence-electron chi connectivity index (χ4n) is 2.99. The van der Waals surface area contributed by atoms with E-state index in [2.05, 4.69) is 17.0 Å². The molecule has 0 aliphatic carbocycles. The lowest BCUT2D eigenvalue weighted by Crippen LogP contribution is -2.28. The summed E-state index contributed by atoms with van der Waals surface area (Å²) in [4.78, 5) is 29.4. The lowest BCUT2D eigenvalue weighted by Gasteiger charge is -2.04. The van der Waals surface area contributed by atoms with E-state index in [4.69, 9.17) is 4.74 Å². The summed E-state index contributed by atoms with van der Waals surface area (Å²) in [5.41, 5.74) is 0.852. The van der Waals surface area contributed by atoms with Crippen molar-refractivity contribution in [2.45, 2.75) is 26.2 Å². The number of hydrogen-bond donors (Lipinski definition) is 0. The lowest BCUT2D eigenvalue weighted by atomic mass is 10.1. The number of hydrogen-bond acceptors (Lipinski definition) is 6. The maximum absolute atomic E-state index is 13.1. The van der Waals surface area contributed by atoms with Crippen molar-refractivity contribution < 1.29 is 9.13 Å². The number of halogens is 1. The Morgan fingerprint density at radius 1 is 1.10 bits per heavy atom. The fourth-order valence-corrected chi connectivity index (χ4v) is 3.90. The molecule has 8 heteroatoms. The van der Waals surface area contributed by atoms with Crippen LogP contribution in [-0.4, -0.2) is 21.2 Å². The lowest BCUT2D eigenvalue weighted by molar-refractivity contribution is 0.309. The van der Waals surface area contributed by atoms with Gasteiger partial charge in [-0.3, -0.25) is 9.59 Å². The molecule has 0 fully saturated rings. The van der Waals surface area contributed by atoms with Crippen molar-refractivity contribution in [2.75, 3.05) is 6.61 Å². The number of aromatic nitrogens is 3. The standard InChI is InChI=1S/C23H20FN3O3S/c1-2-3-12-30-18-10-6-16(7-11-18)14-20-22(29)27-23(31-20)25-21(28)19(26-27)13-15-4-8-17(24)9-5-15/h4-11,14H,2-3,12-13H2,1H3/b20-14-. The van der Waals surface area contributed by atoms with Crippen LogP contribution < -0.4 is 20.4 Å². The van der Waals surface area contributed by atoms with Crippen LogP contribution in [0.1, 0.15) is 36.6 Å². The molecule has 31 heavy (non-hydrogen) atoms. The zero-order valence-corrected chi connectivity index (χ0v) is 17.7. The van der Waals surface area contributed by atoms with E-state index >= 15 is 0 Å². The second kappa shape index (κ2) is 9.18. The highest BCUT2D eigenvalue weighted by Crippen LogP contribution is 2.13. The van der Waals surface area contributed by atoms with E-state index < -0.39 is 5.56 Å². The van der Waals surface area contributed by atoms with Gasteiger partial charge in [0, 0.05) is 6.42 Å². The van der Waals surface area contributed by atoms with Gasteiger partial charge in [-0.15, -0.1) is 0 Å². The molecule has 0 unspecified atom stereocenters. The van der Waals surface area contributed by atoms with Crippen LogP contribution in [0.15, 0.2) is 58.1 Å². The third kappa shape index (κ3) is 4.86. The summed E-state index contributed by atoms with van der Waals surface area (Å²) in [6.45, 7) is 2.78. The summed E-state index contributed by atoms with van der Waals surface area (Å²) >= 11 is 1.11. The smallest absolute Gasteiger partial charge is 0.296 e. The van der Waals surface area contributed by atoms with Gasteiger partial charge in [-0.25, -0.2) is 4.39 Å². The zero-order chi connectivity index (χ0) is 21.8. The maximum Gasteiger partial charge on any atom is 0.296 e. The zero-order valence-electron chi connectivity index (χ0n) is 16.9. The molecule has 0 aliphatic rings. The van der Waals surface area contributed by atoms with E-state index in [0.717, 1.165) is 40.0 Å². The molecule has 0 N–H and O–H groups in total. The molecule has 6 nitrogen and oxygen atoms in total. The molecule has 0 saturated heterocycles. The molecule has 0 atom stereocenters. The molecule has 0 aliphatic heterocycles. The third-order valence-corrected chi connectivity index (χ3v) is 5.64. The Labute approximate surface area is 181 Å². The maximum atomic E-state index is 13.1. The number of nitrogens with zero attached hydrogens (tertiary/aromatic N) is 3. The minimum absolute atomic E-state index is 0.138. The van der Waals surface area contributed by atoms with Gasteiger partial charge in [0.15, 0.2) is 0 Å². The second-order valence-electron chi connectivity index (χ2n) is 7.05. The van der Waals surface area contributed by atoms with Crippen molar-refractivity contribution in [3.8, 4) is 5.75 Å². The van der Waals surface area contributed by atoms with Crippen molar-refractivity contribution in [3.05, 3.63) is 96.4 Å². The summed E-state index contributed by atoms with van der Waals surface area (Å²) in [6.07, 6.45) is 3.98. The number of unbranched alkanes of at least 4 members (excludes halogenated alkanes) is 1. The van der Waals surface area contributed by atoms with Crippen LogP contribution in [0, 0.1) is 5.82 Å². The van der Waals surface area contributed by atoms with E-state index in [0.29, 0.717) is 16.7 Å². The minimum atomic E-state index is -0.495. The van der Waals surface area contributed by atoms with Crippen molar-refractivity contribution in [2.24, 2.45) is 0 Å². The van der Waals surface area contributed by atoms with E-state index in [-0.39, 0.29) is 28.5 Å². The first-order valence-corrected chi connectivity index (χ1v) is 10.8. The van der Waals surface area contributed by atoms with Crippen molar-refractivity contribution >= 4 is 22.4 Å². The van der Waals surface area contributed by atoms with Gasteiger partial charge in [0.1, 0.15) is 17.3 Å². The van der Waals surface area contributed by atoms with Gasteiger partial charge < -0.3 is 4.74 Å². The van der Waals surface area contributed by atoms with Crippen LogP contribution in [0.2, 0.25) is 0 Å². The van der Waals surface area contributed by atoms with Crippen LogP contribution in [0.25, 0.3) is 11.0 Å². The molecule has 0 saturated carbocycles. The topological polar surface area (TPSA) is 73.6 Å². The van der Waals surface area contributed by atoms with Gasteiger partial charge in [-0.05, 0) is 47.9 Å². The first-order chi connectivity index (χ1) is 15.0. The van der Waals surface area contributed by atoms with Crippen molar-refractivity contribution in [1.82, 2.24) is 14.6 Å². The average molecular weight is 437 g/mol. The number of fused-ring (bicyclic) bond motifs is 1. The van der Waals surface area contributed by atoms with Gasteiger partial charge in [-0.2, -0.15) is 14.6 Å². The monoisotopic (exact) mass is 437 g/mol. The molecule has 4 aromatic rings. The largest absolute Gasteiger partial charge is 0.494 e. The van der Waals surface area contributed by atoms with Gasteiger partial charge in [0.05, 0.1) is 11.1 Å². The molecular formula is C23H20FN3O3S. The molecule has 0 bridgehead atoms. The summed E-state index contributed by atoms with van der Waals surface area (Å²) < 4.78 is 20.3. The normalized spacial score (nSPS) is 11.9. The predicted molar refractivity (Wildman–Crippen MR) is 118 cm³/mol. The van der Waals surface area contributed by atoms with E-state index in [1.807, 2.05) is 24.3 Å². The molecule has 158 valence electrons. The SMILES string of the molecule is CCCCOc1ccc(/C=c2\sc3nc(=O)c(Cc4ccc(F)cc4)nn3c2=O)cc1. The summed E-state index contributed by atoms with van der Waals surface area (Å²) in [6, 6.07) is 13.2. The fraction of sp³-hybridized carbons (Fsp3) is 0.217. The summed E-state index contributed by atoms with van der Waals surface area (Å²) in [5.74, 6) is 0.422. The highest BCUT2D eigenvalue weighted by atomic mass is 32.1. The molecule has 0 amide bonds. The number of benzene rings is 2. The molecule has 2 heterocycles. The van der Waals surface area contributed by atoms with E-state index in [1.165, 1.54) is 12.1 Å². The number of rotatable bonds is 7. The predicted octanol–water partition coefficient (Wildman–Crippen LogP) is 2.97. The quantitative estimate of drug-likeness (QED) is 0.416. The number of thiazole rings is 1. The Bertz CT molecular complexity index is 1360. The van der Waals surface area contributed by atoms with Crippen LogP contribution in [-0.2, 0) is 6.42 Å². The van der Waals surface area contributed by atoms with Crippen molar-refractivity contribution in [1.29, 1.82) is 0 Å². The van der Waals surface area contributed by atoms with Gasteiger partial charge in [-0.1, -0.05) is 48.9 Å². The Morgan fingerprint density at radius 2 is 1.84 bits per heavy atom. The Balaban J connectivity index is 1.63. The molecule has 0 spiro atoms. The highest BCUT2D eigenvalue weighted by Gasteiger charge is 2.12. The van der Waals surface area contributed by atoms with Gasteiger partial charge >= 0.3 is 0 Å². The first kappa shape index (κ1) is 20.9. The highest BCUT2D eigenvalue weighted by molar-refractivity contribution is 7.15. The molecule has 4 rings (SSSR count). The average Bonchev–Trinajstić information content (AvgIpc) is 3.06. The van der Waals surface area contributed by atoms with Crippen LogP contribution in [0.4, 0.5) is 4.39 Å². The molecule has 2 aromatic carbocycles. The van der Waals surface area contributed by atoms with E-state index in [9.17, 15) is 14.0 Å². The molecular weight excluding hydrogens is 417 g/mol.